The van der Waals surface area contributed by atoms with Gasteiger partial charge in [0.15, 0.2) is 0 Å². The number of furan rings is 2. The van der Waals surface area contributed by atoms with Gasteiger partial charge in [0.25, 0.3) is 5.69 Å². The molecule has 0 aliphatic carbocycles. The van der Waals surface area contributed by atoms with E-state index in [1.165, 1.54) is 49.4 Å². The smallest absolute Gasteiger partial charge is 0.462 e. The molecular weight excluding hydrogens is 982 g/mol. The van der Waals surface area contributed by atoms with E-state index in [1.807, 2.05) is 12.1 Å². The Hall–Kier alpha value is -8.48. The number of hydrogen-bond acceptors (Lipinski definition) is 15. The Labute approximate surface area is 405 Å². The third kappa shape index (κ3) is 12.3. The number of hydrogen-bond donors (Lipinski definition) is 2. The highest BCUT2D eigenvalue weighted by atomic mass is 32.2. The summed E-state index contributed by atoms with van der Waals surface area (Å²) in [5.41, 5.74) is -5.49. The molecule has 24 heteroatoms. The Morgan fingerprint density at radius 2 is 1.06 bits per heavy atom. The Morgan fingerprint density at radius 3 is 1.44 bits per heavy atom. The quantitative estimate of drug-likeness (QED) is 0.0220. The minimum Gasteiger partial charge on any atom is -0.462 e. The summed E-state index contributed by atoms with van der Waals surface area (Å²) < 4.78 is 113. The number of carbonyl (C=O) groups is 2. The number of benzene rings is 6. The molecule has 0 amide bonds. The van der Waals surface area contributed by atoms with Gasteiger partial charge in [-0.3, -0.25) is 20.2 Å². The molecule has 2 N–H and O–H groups in total. The number of esters is 2. The first-order valence-electron chi connectivity index (χ1n) is 20.5. The summed E-state index contributed by atoms with van der Waals surface area (Å²) in [7, 11) is -7.60. The van der Waals surface area contributed by atoms with Gasteiger partial charge in [-0.25, -0.2) is 18.4 Å². The number of nitro groups is 2. The molecule has 0 spiro atoms. The molecule has 72 heavy (non-hydrogen) atoms. The zero-order valence-electron chi connectivity index (χ0n) is 36.6. The van der Waals surface area contributed by atoms with E-state index in [-0.39, 0.29) is 71.1 Å². The van der Waals surface area contributed by atoms with Crippen molar-refractivity contribution in [2.75, 3.05) is 13.2 Å². The summed E-state index contributed by atoms with van der Waals surface area (Å²) in [4.78, 5) is 46.6. The molecule has 8 rings (SSSR count). The molecule has 17 nitrogen and oxygen atoms in total. The molecule has 0 radical (unpaired) electrons. The van der Waals surface area contributed by atoms with E-state index in [0.717, 1.165) is 12.1 Å². The van der Waals surface area contributed by atoms with Crippen molar-refractivity contribution in [1.29, 1.82) is 0 Å². The molecular formula is C48H38BF5N2O15S. The lowest BCUT2D eigenvalue weighted by atomic mass is 9.81. The molecule has 0 fully saturated rings. The fourth-order valence-electron chi connectivity index (χ4n) is 6.67. The zero-order valence-corrected chi connectivity index (χ0v) is 37.4. The SMILES string of the molecule is C.CCOC(=O)c1c(-c2ccc(F)cc2)oc2cc([N+](=O)[O-])c(-c3ccccc3)cc12.CCOC(=O)c1c(-c2ccc(F)cc2)oc2cc([N+](=O)[O-])c(OS(=O)(=O)C(F)(F)F)cc12.OB(O)c1ccccc1. The number of ether oxygens (including phenoxy) is 2. The molecule has 0 bridgehead atoms. The van der Waals surface area contributed by atoms with Crippen LogP contribution in [0.2, 0.25) is 0 Å². The van der Waals surface area contributed by atoms with Crippen LogP contribution in [0.25, 0.3) is 55.7 Å². The highest BCUT2D eigenvalue weighted by Gasteiger charge is 2.49. The van der Waals surface area contributed by atoms with Gasteiger partial charge in [0.2, 0.25) is 5.75 Å². The molecule has 8 aromatic rings. The second kappa shape index (κ2) is 23.0. The number of rotatable bonds is 12. The third-order valence-electron chi connectivity index (χ3n) is 9.81. The van der Waals surface area contributed by atoms with Crippen LogP contribution in [0, 0.1) is 31.9 Å². The van der Waals surface area contributed by atoms with Crippen LogP contribution in [0.4, 0.5) is 33.3 Å². The van der Waals surface area contributed by atoms with Gasteiger partial charge in [0, 0.05) is 28.0 Å². The van der Waals surface area contributed by atoms with Gasteiger partial charge >= 0.3 is 40.4 Å². The van der Waals surface area contributed by atoms with Crippen molar-refractivity contribution in [2.24, 2.45) is 0 Å². The fourth-order valence-corrected chi connectivity index (χ4v) is 7.13. The van der Waals surface area contributed by atoms with Crippen LogP contribution < -0.4 is 9.65 Å². The second-order valence-corrected chi connectivity index (χ2v) is 15.9. The van der Waals surface area contributed by atoms with Crippen LogP contribution in [0.3, 0.4) is 0 Å². The maximum absolute atomic E-state index is 13.4. The van der Waals surface area contributed by atoms with E-state index in [4.69, 9.17) is 28.4 Å². The number of halogens is 5. The fraction of sp³-hybridized carbons (Fsp3) is 0.125. The minimum atomic E-state index is -6.26. The van der Waals surface area contributed by atoms with Crippen LogP contribution >= 0.6 is 0 Å². The number of carbonyl (C=O) groups excluding carboxylic acids is 2. The van der Waals surface area contributed by atoms with Crippen LogP contribution in [0.1, 0.15) is 42.0 Å². The maximum Gasteiger partial charge on any atom is 0.534 e. The largest absolute Gasteiger partial charge is 0.534 e. The molecule has 0 atom stereocenters. The zero-order chi connectivity index (χ0) is 51.8. The highest BCUT2D eigenvalue weighted by molar-refractivity contribution is 7.88. The van der Waals surface area contributed by atoms with E-state index in [2.05, 4.69) is 4.18 Å². The number of nitrogens with zero attached hydrogens (tertiary/aromatic N) is 2. The van der Waals surface area contributed by atoms with Gasteiger partial charge in [0.1, 0.15) is 45.4 Å². The van der Waals surface area contributed by atoms with Gasteiger partial charge in [-0.1, -0.05) is 68.1 Å². The summed E-state index contributed by atoms with van der Waals surface area (Å²) in [5.74, 6) is -4.06. The minimum absolute atomic E-state index is 0. The first-order chi connectivity index (χ1) is 33.6. The van der Waals surface area contributed by atoms with Crippen LogP contribution in [0.5, 0.6) is 5.75 Å². The Kier molecular flexibility index (Phi) is 17.4. The maximum atomic E-state index is 13.4. The van der Waals surface area contributed by atoms with Gasteiger partial charge in [-0.2, -0.15) is 21.6 Å². The monoisotopic (exact) mass is 1020 g/mol. The van der Waals surface area contributed by atoms with Gasteiger partial charge in [-0.05, 0) is 79.5 Å². The average Bonchev–Trinajstić information content (AvgIpc) is 3.90. The van der Waals surface area contributed by atoms with Crippen LogP contribution in [-0.4, -0.2) is 66.1 Å². The van der Waals surface area contributed by atoms with Crippen molar-refractivity contribution in [3.05, 3.63) is 176 Å². The molecule has 2 heterocycles. The topological polar surface area (TPSA) is 249 Å². The van der Waals surface area contributed by atoms with Crippen molar-refractivity contribution < 1.29 is 82.3 Å². The first kappa shape index (κ1) is 54.5. The number of alkyl halides is 3. The lowest BCUT2D eigenvalue weighted by molar-refractivity contribution is -0.385. The molecule has 374 valence electrons. The van der Waals surface area contributed by atoms with E-state index in [0.29, 0.717) is 39.7 Å². The van der Waals surface area contributed by atoms with E-state index in [1.54, 1.807) is 61.5 Å². The van der Waals surface area contributed by atoms with Crippen molar-refractivity contribution in [2.45, 2.75) is 26.8 Å². The van der Waals surface area contributed by atoms with Crippen molar-refractivity contribution >= 4 is 68.0 Å². The first-order valence-corrected chi connectivity index (χ1v) is 21.9. The lowest BCUT2D eigenvalue weighted by Gasteiger charge is -2.09. The van der Waals surface area contributed by atoms with Crippen molar-refractivity contribution in [3.8, 4) is 39.5 Å². The normalized spacial score (nSPS) is 11.0. The predicted molar refractivity (Wildman–Crippen MR) is 252 cm³/mol. The van der Waals surface area contributed by atoms with Crippen molar-refractivity contribution in [1.82, 2.24) is 0 Å². The van der Waals surface area contributed by atoms with E-state index < -0.39 is 67.6 Å². The summed E-state index contributed by atoms with van der Waals surface area (Å²) in [6.07, 6.45) is 0. The number of fused-ring (bicyclic) bond motifs is 2. The lowest BCUT2D eigenvalue weighted by Crippen LogP contribution is -2.29. The summed E-state index contributed by atoms with van der Waals surface area (Å²) in [6.45, 7) is 3.17. The van der Waals surface area contributed by atoms with Gasteiger partial charge in [-0.15, -0.1) is 0 Å². The van der Waals surface area contributed by atoms with E-state index in [9.17, 15) is 60.2 Å². The standard InChI is InChI=1S/C23H16FNO5.C18H11F4NO8S.C6H7BO2.CH4/c1-2-29-23(26)21-18-12-17(14-6-4-3-5-7-14)19(25(27)28)13-20(18)30-22(21)15-8-10-16(24)11-9-15;1-2-29-17(24)15-11-7-14(31-32(27,28)18(20,21)22)12(23(25)26)8-13(11)30-16(15)9-3-5-10(19)6-4-9;8-7(9)6-4-2-1-3-5-6;/h3-13H,2H2,1H3;3-8H,2H2,1H3;1-5,8-9H;1H4. The average molecular weight is 1020 g/mol. The number of nitro benzene ring substituents is 2. The Morgan fingerprint density at radius 1 is 0.639 bits per heavy atom. The molecule has 6 aromatic carbocycles. The Bertz CT molecular complexity index is 3350. The summed E-state index contributed by atoms with van der Waals surface area (Å²) in [6, 6.07) is 31.5. The Balaban J connectivity index is 0.000000225. The predicted octanol–water partition coefficient (Wildman–Crippen LogP) is 10.5. The summed E-state index contributed by atoms with van der Waals surface area (Å²) in [5, 5.41) is 40.2. The van der Waals surface area contributed by atoms with Crippen molar-refractivity contribution in [3.63, 3.8) is 0 Å². The molecule has 0 aliphatic rings. The molecule has 0 aliphatic heterocycles. The molecule has 2 aromatic heterocycles. The molecule has 0 saturated carbocycles. The highest BCUT2D eigenvalue weighted by Crippen LogP contribution is 2.43. The van der Waals surface area contributed by atoms with Crippen LogP contribution in [0.15, 0.2) is 142 Å². The molecule has 0 saturated heterocycles. The molecule has 0 unspecified atom stereocenters. The second-order valence-electron chi connectivity index (χ2n) is 14.4. The van der Waals surface area contributed by atoms with Gasteiger partial charge in [0.05, 0.1) is 40.8 Å². The summed E-state index contributed by atoms with van der Waals surface area (Å²) >= 11 is 0. The van der Waals surface area contributed by atoms with Gasteiger partial charge < -0.3 is 32.5 Å². The third-order valence-corrected chi connectivity index (χ3v) is 10.8. The van der Waals surface area contributed by atoms with Crippen LogP contribution in [-0.2, 0) is 19.6 Å². The van der Waals surface area contributed by atoms with E-state index >= 15 is 0 Å².